The monoisotopic (exact) mass is 289 g/mol. The summed E-state index contributed by atoms with van der Waals surface area (Å²) in [5, 5.41) is 4.09. The molecule has 0 radical (unpaired) electrons. The third kappa shape index (κ3) is 3.01. The number of carbonyl (C=O) groups is 1. The summed E-state index contributed by atoms with van der Waals surface area (Å²) >= 11 is 0. The summed E-state index contributed by atoms with van der Waals surface area (Å²) in [6.07, 6.45) is 9.11. The number of hydrogen-bond donors (Lipinski definition) is 0. The van der Waals surface area contributed by atoms with E-state index in [0.717, 1.165) is 32.2 Å². The standard InChI is InChI=1S/C16H23N3O2/c1-11(2)16-17-15(18-21-16)13-8-5-9-19(13)14(20)10-12-6-3-4-7-12/h3,6,11-13H,4-5,7-10H2,1-2H3/t12-,13-/m1/s1. The molecule has 1 aliphatic carbocycles. The summed E-state index contributed by atoms with van der Waals surface area (Å²) in [4.78, 5) is 18.9. The zero-order chi connectivity index (χ0) is 14.8. The second-order valence-corrected chi connectivity index (χ2v) is 6.36. The van der Waals surface area contributed by atoms with Gasteiger partial charge in [0.15, 0.2) is 5.82 Å². The Morgan fingerprint density at radius 1 is 1.48 bits per heavy atom. The molecule has 1 aliphatic heterocycles. The van der Waals surface area contributed by atoms with Crippen LogP contribution in [0.1, 0.15) is 69.6 Å². The molecule has 5 heteroatoms. The summed E-state index contributed by atoms with van der Waals surface area (Å²) in [5.74, 6) is 2.19. The molecule has 0 unspecified atom stereocenters. The highest BCUT2D eigenvalue weighted by atomic mass is 16.5. The van der Waals surface area contributed by atoms with Gasteiger partial charge in [0.2, 0.25) is 11.8 Å². The van der Waals surface area contributed by atoms with Crippen LogP contribution in [0.25, 0.3) is 0 Å². The van der Waals surface area contributed by atoms with E-state index >= 15 is 0 Å². The van der Waals surface area contributed by atoms with Crippen LogP contribution in [0.4, 0.5) is 0 Å². The molecular formula is C16H23N3O2. The summed E-state index contributed by atoms with van der Waals surface area (Å²) in [5.41, 5.74) is 0. The predicted octanol–water partition coefficient (Wildman–Crippen LogP) is 3.21. The summed E-state index contributed by atoms with van der Waals surface area (Å²) < 4.78 is 5.29. The number of carbonyl (C=O) groups excluding carboxylic acids is 1. The van der Waals surface area contributed by atoms with Crippen molar-refractivity contribution in [2.24, 2.45) is 5.92 Å². The van der Waals surface area contributed by atoms with Crippen molar-refractivity contribution in [2.45, 2.75) is 57.9 Å². The first-order valence-electron chi connectivity index (χ1n) is 7.94. The minimum Gasteiger partial charge on any atom is -0.339 e. The van der Waals surface area contributed by atoms with Gasteiger partial charge in [0.25, 0.3) is 0 Å². The van der Waals surface area contributed by atoms with Crippen LogP contribution in [-0.4, -0.2) is 27.5 Å². The van der Waals surface area contributed by atoms with Gasteiger partial charge in [-0.25, -0.2) is 0 Å². The molecular weight excluding hydrogens is 266 g/mol. The molecule has 1 fully saturated rings. The molecule has 1 amide bonds. The Hall–Kier alpha value is -1.65. The third-order valence-corrected chi connectivity index (χ3v) is 4.37. The Labute approximate surface area is 125 Å². The molecule has 0 aromatic carbocycles. The van der Waals surface area contributed by atoms with Gasteiger partial charge in [-0.2, -0.15) is 4.98 Å². The Bertz CT molecular complexity index is 535. The van der Waals surface area contributed by atoms with Crippen molar-refractivity contribution in [1.29, 1.82) is 0 Å². The Morgan fingerprint density at radius 3 is 3.00 bits per heavy atom. The van der Waals surface area contributed by atoms with Crippen molar-refractivity contribution in [3.63, 3.8) is 0 Å². The van der Waals surface area contributed by atoms with Gasteiger partial charge in [0.05, 0.1) is 6.04 Å². The van der Waals surface area contributed by atoms with Crippen LogP contribution < -0.4 is 0 Å². The second-order valence-electron chi connectivity index (χ2n) is 6.36. The molecule has 0 bridgehead atoms. The Morgan fingerprint density at radius 2 is 2.33 bits per heavy atom. The molecule has 114 valence electrons. The van der Waals surface area contributed by atoms with Gasteiger partial charge in [0.1, 0.15) is 0 Å². The number of likely N-dealkylation sites (tertiary alicyclic amines) is 1. The number of aromatic nitrogens is 2. The molecule has 2 atom stereocenters. The molecule has 0 N–H and O–H groups in total. The van der Waals surface area contributed by atoms with Crippen LogP contribution >= 0.6 is 0 Å². The summed E-state index contributed by atoms with van der Waals surface area (Å²) in [6, 6.07) is -0.000803. The van der Waals surface area contributed by atoms with Crippen molar-refractivity contribution >= 4 is 5.91 Å². The highest BCUT2D eigenvalue weighted by Gasteiger charge is 2.34. The van der Waals surface area contributed by atoms with Crippen LogP contribution in [0.2, 0.25) is 0 Å². The molecule has 3 rings (SSSR count). The maximum Gasteiger partial charge on any atom is 0.229 e. The first-order chi connectivity index (χ1) is 10.1. The van der Waals surface area contributed by atoms with E-state index in [1.807, 2.05) is 18.7 Å². The van der Waals surface area contributed by atoms with E-state index < -0.39 is 0 Å². The maximum absolute atomic E-state index is 12.5. The highest BCUT2D eigenvalue weighted by Crippen LogP contribution is 2.33. The fourth-order valence-electron chi connectivity index (χ4n) is 3.16. The van der Waals surface area contributed by atoms with Gasteiger partial charge in [-0.3, -0.25) is 4.79 Å². The van der Waals surface area contributed by atoms with Gasteiger partial charge in [0, 0.05) is 18.9 Å². The first-order valence-corrected chi connectivity index (χ1v) is 7.94. The van der Waals surface area contributed by atoms with E-state index in [4.69, 9.17) is 4.52 Å². The van der Waals surface area contributed by atoms with Crippen LogP contribution in [-0.2, 0) is 4.79 Å². The molecule has 1 aromatic rings. The van der Waals surface area contributed by atoms with E-state index in [1.54, 1.807) is 0 Å². The third-order valence-electron chi connectivity index (χ3n) is 4.37. The smallest absolute Gasteiger partial charge is 0.229 e. The minimum atomic E-state index is -0.000803. The molecule has 2 aliphatic rings. The number of amides is 1. The fraction of sp³-hybridized carbons (Fsp3) is 0.688. The van der Waals surface area contributed by atoms with Crippen molar-refractivity contribution < 1.29 is 9.32 Å². The zero-order valence-corrected chi connectivity index (χ0v) is 12.8. The molecule has 1 saturated heterocycles. The topological polar surface area (TPSA) is 59.2 Å². The number of rotatable bonds is 4. The summed E-state index contributed by atoms with van der Waals surface area (Å²) in [7, 11) is 0. The van der Waals surface area contributed by atoms with Gasteiger partial charge in [-0.1, -0.05) is 31.2 Å². The average Bonchev–Trinajstić information content (AvgIpc) is 3.19. The number of allylic oxidation sites excluding steroid dienone is 2. The lowest BCUT2D eigenvalue weighted by Gasteiger charge is -2.23. The quantitative estimate of drug-likeness (QED) is 0.799. The van der Waals surface area contributed by atoms with E-state index in [1.165, 1.54) is 0 Å². The van der Waals surface area contributed by atoms with Crippen molar-refractivity contribution in [3.05, 3.63) is 23.9 Å². The number of nitrogens with zero attached hydrogens (tertiary/aromatic N) is 3. The lowest BCUT2D eigenvalue weighted by atomic mass is 10.0. The van der Waals surface area contributed by atoms with Gasteiger partial charge < -0.3 is 9.42 Å². The SMILES string of the molecule is CC(C)c1nc([C@H]2CCCN2C(=O)C[C@@H]2C=CCC2)no1. The predicted molar refractivity (Wildman–Crippen MR) is 78.6 cm³/mol. The zero-order valence-electron chi connectivity index (χ0n) is 12.8. The molecule has 0 spiro atoms. The normalized spacial score (nSPS) is 25.2. The lowest BCUT2D eigenvalue weighted by molar-refractivity contribution is -0.133. The van der Waals surface area contributed by atoms with E-state index in [-0.39, 0.29) is 17.9 Å². The molecule has 1 aromatic heterocycles. The van der Waals surface area contributed by atoms with Gasteiger partial charge >= 0.3 is 0 Å². The van der Waals surface area contributed by atoms with Gasteiger partial charge in [-0.15, -0.1) is 0 Å². The average molecular weight is 289 g/mol. The molecule has 5 nitrogen and oxygen atoms in total. The van der Waals surface area contributed by atoms with E-state index in [9.17, 15) is 4.79 Å². The van der Waals surface area contributed by atoms with Crippen molar-refractivity contribution in [3.8, 4) is 0 Å². The molecule has 0 saturated carbocycles. The fourth-order valence-corrected chi connectivity index (χ4v) is 3.16. The maximum atomic E-state index is 12.5. The van der Waals surface area contributed by atoms with Crippen LogP contribution in [0, 0.1) is 5.92 Å². The number of hydrogen-bond acceptors (Lipinski definition) is 4. The minimum absolute atomic E-state index is 0.000803. The van der Waals surface area contributed by atoms with Crippen LogP contribution in [0.3, 0.4) is 0 Å². The molecule has 2 heterocycles. The van der Waals surface area contributed by atoms with Gasteiger partial charge in [-0.05, 0) is 31.6 Å². The van der Waals surface area contributed by atoms with Crippen LogP contribution in [0.5, 0.6) is 0 Å². The molecule has 21 heavy (non-hydrogen) atoms. The first kappa shape index (κ1) is 14.3. The Balaban J connectivity index is 1.69. The van der Waals surface area contributed by atoms with Crippen LogP contribution in [0.15, 0.2) is 16.7 Å². The second kappa shape index (κ2) is 6.00. The Kier molecular flexibility index (Phi) is 4.08. The lowest BCUT2D eigenvalue weighted by Crippen LogP contribution is -2.32. The van der Waals surface area contributed by atoms with Crippen molar-refractivity contribution in [2.75, 3.05) is 6.54 Å². The highest BCUT2D eigenvalue weighted by molar-refractivity contribution is 5.77. The van der Waals surface area contributed by atoms with E-state index in [0.29, 0.717) is 24.1 Å². The summed E-state index contributed by atoms with van der Waals surface area (Å²) in [6.45, 7) is 4.87. The largest absolute Gasteiger partial charge is 0.339 e. The van der Waals surface area contributed by atoms with Crippen molar-refractivity contribution in [1.82, 2.24) is 15.0 Å². The van der Waals surface area contributed by atoms with E-state index in [2.05, 4.69) is 22.3 Å².